The Morgan fingerprint density at radius 1 is 1.34 bits per heavy atom. The quantitative estimate of drug-likeness (QED) is 0.546. The van der Waals surface area contributed by atoms with Crippen molar-refractivity contribution in [3.63, 3.8) is 0 Å². The average molecular weight is 415 g/mol. The molecule has 0 bridgehead atoms. The second kappa shape index (κ2) is 8.95. The van der Waals surface area contributed by atoms with Crippen molar-refractivity contribution >= 4 is 23.3 Å². The van der Waals surface area contributed by atoms with E-state index in [4.69, 9.17) is 17.0 Å². The van der Waals surface area contributed by atoms with Gasteiger partial charge in [-0.05, 0) is 70.1 Å². The van der Waals surface area contributed by atoms with Gasteiger partial charge in [-0.3, -0.25) is 9.78 Å². The van der Waals surface area contributed by atoms with Gasteiger partial charge in [0.15, 0.2) is 5.11 Å². The van der Waals surface area contributed by atoms with Crippen LogP contribution in [-0.4, -0.2) is 39.2 Å². The first-order chi connectivity index (χ1) is 13.8. The van der Waals surface area contributed by atoms with E-state index in [0.29, 0.717) is 30.5 Å². The molecule has 1 aliphatic rings. The highest BCUT2D eigenvalue weighted by molar-refractivity contribution is 7.80. The van der Waals surface area contributed by atoms with Crippen LogP contribution in [-0.2, 0) is 9.53 Å². The van der Waals surface area contributed by atoms with E-state index in [1.54, 1.807) is 0 Å². The van der Waals surface area contributed by atoms with Crippen molar-refractivity contribution in [1.82, 2.24) is 19.8 Å². The Hall–Kier alpha value is -2.41. The van der Waals surface area contributed by atoms with E-state index >= 15 is 0 Å². The molecule has 1 saturated heterocycles. The van der Waals surface area contributed by atoms with Gasteiger partial charge in [0.05, 0.1) is 24.9 Å². The first-order valence-corrected chi connectivity index (χ1v) is 10.5. The van der Waals surface area contributed by atoms with Gasteiger partial charge < -0.3 is 19.5 Å². The Labute approximate surface area is 178 Å². The minimum absolute atomic E-state index is 0.0220. The van der Waals surface area contributed by atoms with Crippen LogP contribution in [0.25, 0.3) is 0 Å². The molecule has 1 fully saturated rings. The number of nitrogens with one attached hydrogen (secondary N) is 1. The average Bonchev–Trinajstić information content (AvgIpc) is 3.18. The summed E-state index contributed by atoms with van der Waals surface area (Å²) in [4.78, 5) is 18.4. The lowest BCUT2D eigenvalue weighted by Crippen LogP contribution is -2.31. The third-order valence-corrected chi connectivity index (χ3v) is 5.92. The molecular formula is C22H30N4O2S. The predicted octanol–water partition coefficient (Wildman–Crippen LogP) is 4.01. The molecule has 0 spiro atoms. The molecule has 0 saturated carbocycles. The van der Waals surface area contributed by atoms with Crippen LogP contribution in [0.2, 0.25) is 0 Å². The van der Waals surface area contributed by atoms with E-state index in [2.05, 4.69) is 53.5 Å². The molecule has 3 heterocycles. The molecule has 29 heavy (non-hydrogen) atoms. The standard InChI is InChI=1S/C22H30N4O2S/c1-14(2)26-15(3)13-17(16(26)4)21-20(18-9-6-7-11-23-18)24-22(29)25(21)12-8-10-19(27)28-5/h6-7,9,11,13-14,20-21H,8,10,12H2,1-5H3,(H,24,29)/t20-,21+/m0/s1. The second-order valence-electron chi connectivity index (χ2n) is 7.79. The Morgan fingerprint density at radius 2 is 2.10 bits per heavy atom. The van der Waals surface area contributed by atoms with E-state index < -0.39 is 0 Å². The number of pyridine rings is 1. The van der Waals surface area contributed by atoms with Crippen LogP contribution < -0.4 is 5.32 Å². The zero-order valence-corrected chi connectivity index (χ0v) is 18.6. The minimum Gasteiger partial charge on any atom is -0.469 e. The van der Waals surface area contributed by atoms with Crippen LogP contribution in [0.4, 0.5) is 0 Å². The summed E-state index contributed by atoms with van der Waals surface area (Å²) in [6.07, 6.45) is 2.87. The molecule has 1 aliphatic heterocycles. The SMILES string of the molecule is COC(=O)CCCN1C(=S)N[C@@H](c2ccccn2)[C@H]1c1cc(C)n(C(C)C)c1C. The summed E-state index contributed by atoms with van der Waals surface area (Å²) >= 11 is 5.70. The van der Waals surface area contributed by atoms with Gasteiger partial charge in [0.25, 0.3) is 0 Å². The van der Waals surface area contributed by atoms with Crippen LogP contribution in [0, 0.1) is 13.8 Å². The van der Waals surface area contributed by atoms with Crippen molar-refractivity contribution in [2.75, 3.05) is 13.7 Å². The highest BCUT2D eigenvalue weighted by Gasteiger charge is 2.41. The number of esters is 1. The fraction of sp³-hybridized carbons (Fsp3) is 0.500. The summed E-state index contributed by atoms with van der Waals surface area (Å²) in [5.74, 6) is -0.195. The van der Waals surface area contributed by atoms with E-state index in [0.717, 1.165) is 5.69 Å². The molecular weight excluding hydrogens is 384 g/mol. The number of carbonyl (C=O) groups is 1. The lowest BCUT2D eigenvalue weighted by Gasteiger charge is -2.28. The fourth-order valence-corrected chi connectivity index (χ4v) is 4.71. The number of rotatable bonds is 7. The number of hydrogen-bond donors (Lipinski definition) is 1. The lowest BCUT2D eigenvalue weighted by atomic mass is 9.96. The number of hydrogen-bond acceptors (Lipinski definition) is 4. The van der Waals surface area contributed by atoms with Crippen molar-refractivity contribution in [3.8, 4) is 0 Å². The summed E-state index contributed by atoms with van der Waals surface area (Å²) in [5, 5.41) is 4.17. The van der Waals surface area contributed by atoms with Gasteiger partial charge >= 0.3 is 5.97 Å². The Bertz CT molecular complexity index is 878. The Balaban J connectivity index is 1.99. The number of carbonyl (C=O) groups excluding carboxylic acids is 1. The van der Waals surface area contributed by atoms with E-state index in [9.17, 15) is 4.79 Å². The molecule has 2 aromatic rings. The molecule has 0 unspecified atom stereocenters. The lowest BCUT2D eigenvalue weighted by molar-refractivity contribution is -0.140. The van der Waals surface area contributed by atoms with E-state index in [1.807, 2.05) is 24.4 Å². The van der Waals surface area contributed by atoms with Crippen molar-refractivity contribution in [1.29, 1.82) is 0 Å². The highest BCUT2D eigenvalue weighted by Crippen LogP contribution is 2.41. The largest absolute Gasteiger partial charge is 0.469 e. The van der Waals surface area contributed by atoms with Gasteiger partial charge in [-0.2, -0.15) is 0 Å². The summed E-state index contributed by atoms with van der Waals surface area (Å²) in [6, 6.07) is 8.58. The molecule has 2 atom stereocenters. The molecule has 2 aromatic heterocycles. The molecule has 0 amide bonds. The van der Waals surface area contributed by atoms with Crippen molar-refractivity contribution in [2.24, 2.45) is 0 Å². The molecule has 0 radical (unpaired) electrons. The minimum atomic E-state index is -0.195. The number of methoxy groups -OCH3 is 1. The molecule has 1 N–H and O–H groups in total. The van der Waals surface area contributed by atoms with Crippen molar-refractivity contribution in [3.05, 3.63) is 53.1 Å². The van der Waals surface area contributed by atoms with Gasteiger partial charge in [-0.1, -0.05) is 6.07 Å². The summed E-state index contributed by atoms with van der Waals surface area (Å²) in [7, 11) is 1.42. The smallest absolute Gasteiger partial charge is 0.305 e. The third-order valence-electron chi connectivity index (χ3n) is 5.56. The van der Waals surface area contributed by atoms with Crippen LogP contribution in [0.1, 0.15) is 67.5 Å². The Kier molecular flexibility index (Phi) is 6.57. The monoisotopic (exact) mass is 414 g/mol. The van der Waals surface area contributed by atoms with Crippen LogP contribution in [0.15, 0.2) is 30.5 Å². The van der Waals surface area contributed by atoms with Gasteiger partial charge in [0.2, 0.25) is 0 Å². The van der Waals surface area contributed by atoms with Gasteiger partial charge in [-0.15, -0.1) is 0 Å². The van der Waals surface area contributed by atoms with Crippen LogP contribution in [0.5, 0.6) is 0 Å². The van der Waals surface area contributed by atoms with E-state index in [-0.39, 0.29) is 18.1 Å². The van der Waals surface area contributed by atoms with E-state index in [1.165, 1.54) is 24.1 Å². The summed E-state index contributed by atoms with van der Waals surface area (Å²) in [6.45, 7) is 9.40. The van der Waals surface area contributed by atoms with Crippen LogP contribution in [0.3, 0.4) is 0 Å². The maximum absolute atomic E-state index is 11.6. The number of aryl methyl sites for hydroxylation is 1. The zero-order valence-electron chi connectivity index (χ0n) is 17.8. The fourth-order valence-electron chi connectivity index (χ4n) is 4.38. The molecule has 7 heteroatoms. The summed E-state index contributed by atoms with van der Waals surface area (Å²) in [5.41, 5.74) is 4.69. The molecule has 0 aliphatic carbocycles. The van der Waals surface area contributed by atoms with Gasteiger partial charge in [-0.25, -0.2) is 0 Å². The number of aromatic nitrogens is 2. The number of nitrogens with zero attached hydrogens (tertiary/aromatic N) is 3. The van der Waals surface area contributed by atoms with Crippen LogP contribution >= 0.6 is 12.2 Å². The maximum Gasteiger partial charge on any atom is 0.305 e. The topological polar surface area (TPSA) is 59.4 Å². The molecule has 3 rings (SSSR count). The number of ether oxygens (including phenoxy) is 1. The zero-order chi connectivity index (χ0) is 21.1. The Morgan fingerprint density at radius 3 is 2.69 bits per heavy atom. The number of thiocarbonyl (C=S) groups is 1. The van der Waals surface area contributed by atoms with Crippen molar-refractivity contribution < 1.29 is 9.53 Å². The first-order valence-electron chi connectivity index (χ1n) is 10.1. The van der Waals surface area contributed by atoms with Crippen molar-refractivity contribution in [2.45, 2.75) is 58.7 Å². The second-order valence-corrected chi connectivity index (χ2v) is 8.18. The summed E-state index contributed by atoms with van der Waals surface area (Å²) < 4.78 is 7.15. The molecule has 156 valence electrons. The molecule has 0 aromatic carbocycles. The molecule has 6 nitrogen and oxygen atoms in total. The third kappa shape index (κ3) is 4.29. The normalized spacial score (nSPS) is 19.0. The first kappa shape index (κ1) is 21.3. The maximum atomic E-state index is 11.6. The van der Waals surface area contributed by atoms with Gasteiger partial charge in [0, 0.05) is 36.6 Å². The van der Waals surface area contributed by atoms with Gasteiger partial charge in [0.1, 0.15) is 0 Å². The highest BCUT2D eigenvalue weighted by atomic mass is 32.1. The predicted molar refractivity (Wildman–Crippen MR) is 118 cm³/mol.